The van der Waals surface area contributed by atoms with E-state index in [1.54, 1.807) is 45.0 Å². The first kappa shape index (κ1) is 57.9. The van der Waals surface area contributed by atoms with Gasteiger partial charge in [0.05, 0.1) is 45.3 Å². The number of aryl methyl sites for hydroxylation is 2. The smallest absolute Gasteiger partial charge is 0.309 e. The van der Waals surface area contributed by atoms with E-state index in [9.17, 15) is 38.2 Å². The molecule has 0 radical (unpaired) electrons. The molecule has 398 valence electrons. The fourth-order valence-electron chi connectivity index (χ4n) is 7.51. The van der Waals surface area contributed by atoms with Gasteiger partial charge in [0.15, 0.2) is 58.2 Å². The van der Waals surface area contributed by atoms with Gasteiger partial charge in [0.25, 0.3) is 0 Å². The number of hydrogen-bond donors (Lipinski definition) is 2. The zero-order valence-corrected chi connectivity index (χ0v) is 43.8. The topological polar surface area (TPSA) is 208 Å². The molecule has 6 rings (SSSR count). The molecule has 0 saturated carbocycles. The lowest BCUT2D eigenvalue weighted by Gasteiger charge is -2.28. The van der Waals surface area contributed by atoms with Gasteiger partial charge in [-0.15, -0.1) is 0 Å². The molecule has 0 aliphatic rings. The Labute approximate surface area is 438 Å². The van der Waals surface area contributed by atoms with E-state index in [1.807, 2.05) is 32.0 Å². The molecule has 6 atom stereocenters. The monoisotopic (exact) mass is 1060 g/mol. The molecule has 0 amide bonds. The molecular formula is C56H59ClF2N2O14. The Morgan fingerprint density at radius 1 is 0.533 bits per heavy atom. The Bertz CT molecular complexity index is 2960. The minimum atomic E-state index is -0.929. The summed E-state index contributed by atoms with van der Waals surface area (Å²) < 4.78 is 72.2. The van der Waals surface area contributed by atoms with Crippen molar-refractivity contribution in [1.29, 1.82) is 0 Å². The van der Waals surface area contributed by atoms with E-state index >= 15 is 0 Å². The minimum absolute atomic E-state index is 0.0928. The number of rotatable bonds is 22. The summed E-state index contributed by atoms with van der Waals surface area (Å²) in [5.41, 5.74) is 2.48. The summed E-state index contributed by atoms with van der Waals surface area (Å²) in [4.78, 5) is 59.2. The van der Waals surface area contributed by atoms with E-state index in [4.69, 9.17) is 49.5 Å². The second-order valence-electron chi connectivity index (χ2n) is 17.4. The number of benzene rings is 4. The van der Waals surface area contributed by atoms with Gasteiger partial charge in [-0.05, 0) is 81.8 Å². The van der Waals surface area contributed by atoms with E-state index in [2.05, 4.69) is 9.97 Å². The van der Waals surface area contributed by atoms with Crippen molar-refractivity contribution in [3.63, 3.8) is 0 Å². The Kier molecular flexibility index (Phi) is 20.7. The molecular weight excluding hydrogens is 998 g/mol. The van der Waals surface area contributed by atoms with E-state index in [1.165, 1.54) is 96.3 Å². The molecule has 0 saturated heterocycles. The molecule has 75 heavy (non-hydrogen) atoms. The third-order valence-corrected chi connectivity index (χ3v) is 11.9. The zero-order chi connectivity index (χ0) is 55.1. The van der Waals surface area contributed by atoms with Crippen LogP contribution in [0.5, 0.6) is 46.0 Å². The van der Waals surface area contributed by atoms with Crippen LogP contribution in [0.1, 0.15) is 96.0 Å². The number of carbonyl (C=O) groups excluding carboxylic acids is 4. The quantitative estimate of drug-likeness (QED) is 0.0478. The van der Waals surface area contributed by atoms with Gasteiger partial charge >= 0.3 is 11.9 Å². The van der Waals surface area contributed by atoms with Crippen LogP contribution in [0, 0.1) is 37.3 Å². The minimum Gasteiger partial charge on any atom is -0.503 e. The van der Waals surface area contributed by atoms with Crippen LogP contribution < -0.4 is 28.4 Å². The van der Waals surface area contributed by atoms with E-state index in [0.29, 0.717) is 27.6 Å². The Morgan fingerprint density at radius 2 is 0.947 bits per heavy atom. The van der Waals surface area contributed by atoms with Gasteiger partial charge in [-0.3, -0.25) is 19.2 Å². The third kappa shape index (κ3) is 15.3. The molecule has 16 nitrogen and oxygen atoms in total. The van der Waals surface area contributed by atoms with Crippen LogP contribution in [0.25, 0.3) is 0 Å². The normalized spacial score (nSPS) is 13.2. The van der Waals surface area contributed by atoms with Crippen LogP contribution >= 0.6 is 11.6 Å². The molecule has 0 spiro atoms. The van der Waals surface area contributed by atoms with Crippen molar-refractivity contribution in [3.05, 3.63) is 154 Å². The Hall–Kier alpha value is -7.99. The number of nitrogens with zero attached hydrogens (tertiary/aromatic N) is 2. The summed E-state index contributed by atoms with van der Waals surface area (Å²) in [6.45, 7) is 10.1. The van der Waals surface area contributed by atoms with Gasteiger partial charge in [-0.1, -0.05) is 49.2 Å². The largest absolute Gasteiger partial charge is 0.503 e. The zero-order valence-electron chi connectivity index (χ0n) is 43.0. The maximum Gasteiger partial charge on any atom is 0.309 e. The van der Waals surface area contributed by atoms with Gasteiger partial charge in [0.1, 0.15) is 46.8 Å². The average Bonchev–Trinajstić information content (AvgIpc) is 3.38. The molecule has 6 aromatic rings. The lowest BCUT2D eigenvalue weighted by molar-refractivity contribution is -0.158. The van der Waals surface area contributed by atoms with Gasteiger partial charge in [0, 0.05) is 60.6 Å². The molecule has 4 aromatic carbocycles. The number of ether oxygens (including phenoxy) is 8. The predicted molar refractivity (Wildman–Crippen MR) is 272 cm³/mol. The van der Waals surface area contributed by atoms with Crippen molar-refractivity contribution in [2.45, 2.75) is 78.8 Å². The summed E-state index contributed by atoms with van der Waals surface area (Å²) >= 11 is 6.37. The molecule has 2 heterocycles. The maximum atomic E-state index is 13.9. The fourth-order valence-corrected chi connectivity index (χ4v) is 7.79. The lowest BCUT2D eigenvalue weighted by Crippen LogP contribution is -2.30. The van der Waals surface area contributed by atoms with E-state index in [-0.39, 0.29) is 53.0 Å². The number of Topliss-reactive ketones (excluding diaryl/α,β-unsaturated/α-hetero) is 2. The summed E-state index contributed by atoms with van der Waals surface area (Å²) in [5.74, 6) is -4.46. The molecule has 0 unspecified atom stereocenters. The van der Waals surface area contributed by atoms with Crippen molar-refractivity contribution in [1.82, 2.24) is 9.97 Å². The maximum absolute atomic E-state index is 13.9. The Balaban J connectivity index is 0.000000277. The highest BCUT2D eigenvalue weighted by Crippen LogP contribution is 2.38. The van der Waals surface area contributed by atoms with Crippen molar-refractivity contribution in [2.24, 2.45) is 11.8 Å². The van der Waals surface area contributed by atoms with Crippen LogP contribution in [0.4, 0.5) is 8.78 Å². The fraction of sp³-hybridized carbons (Fsp3) is 0.321. The van der Waals surface area contributed by atoms with Gasteiger partial charge < -0.3 is 48.1 Å². The van der Waals surface area contributed by atoms with E-state index < -0.39 is 77.1 Å². The van der Waals surface area contributed by atoms with E-state index in [0.717, 1.165) is 11.1 Å². The molecule has 0 fully saturated rings. The molecule has 0 aliphatic carbocycles. The van der Waals surface area contributed by atoms with Crippen molar-refractivity contribution >= 4 is 35.1 Å². The molecule has 0 aliphatic heterocycles. The number of hydrogen-bond acceptors (Lipinski definition) is 16. The Morgan fingerprint density at radius 3 is 1.36 bits per heavy atom. The van der Waals surface area contributed by atoms with Gasteiger partial charge in [-0.2, -0.15) is 0 Å². The number of halogens is 3. The molecule has 0 bridgehead atoms. The molecule has 2 N–H and O–H groups in total. The highest BCUT2D eigenvalue weighted by molar-refractivity contribution is 6.32. The van der Waals surface area contributed by atoms with Crippen LogP contribution in [0.2, 0.25) is 5.02 Å². The number of ketones is 2. The first-order valence-corrected chi connectivity index (χ1v) is 23.8. The van der Waals surface area contributed by atoms with Crippen LogP contribution in [-0.4, -0.2) is 84.3 Å². The summed E-state index contributed by atoms with van der Waals surface area (Å²) in [6.07, 6.45) is -1.37. The van der Waals surface area contributed by atoms with Gasteiger partial charge in [-0.25, -0.2) is 18.7 Å². The molecule has 19 heteroatoms. The second-order valence-corrected chi connectivity index (χ2v) is 17.8. The van der Waals surface area contributed by atoms with Crippen molar-refractivity contribution in [3.8, 4) is 46.0 Å². The second kappa shape index (κ2) is 26.8. The van der Waals surface area contributed by atoms with Crippen LogP contribution in [-0.2, 0) is 19.1 Å². The first-order valence-electron chi connectivity index (χ1n) is 23.4. The number of methoxy groups -OCH3 is 4. The number of aromatic nitrogens is 2. The number of pyridine rings is 2. The highest BCUT2D eigenvalue weighted by atomic mass is 35.5. The number of carbonyl (C=O) groups is 4. The first-order chi connectivity index (χ1) is 35.7. The SMILES string of the molecule is COc1cc(F)ccc1[C@@H](Oc1ccc(C)cc1)[C@H](C)OC(=O)[C@H](C)CC(=O)c1nccc(OC)c1O.COc1cc(F)ccc1[C@@H](Oc1ccc(C)cc1Cl)[C@H](C)OC(=O)[C@H](C)CC(=O)c1nccc(OC)c1O. The van der Waals surface area contributed by atoms with Crippen LogP contribution in [0.15, 0.2) is 103 Å². The van der Waals surface area contributed by atoms with Crippen molar-refractivity contribution < 1.29 is 76.1 Å². The molecule has 2 aromatic heterocycles. The van der Waals surface area contributed by atoms with Crippen LogP contribution in [0.3, 0.4) is 0 Å². The highest BCUT2D eigenvalue weighted by Gasteiger charge is 2.33. The number of esters is 2. The lowest BCUT2D eigenvalue weighted by atomic mass is 10.0. The summed E-state index contributed by atoms with van der Waals surface area (Å²) in [7, 11) is 5.51. The van der Waals surface area contributed by atoms with Crippen molar-refractivity contribution in [2.75, 3.05) is 28.4 Å². The standard InChI is InChI=1S/C28H29ClFNO7.C28H30FNO7/c1-15-6-9-22(20(29)12-15)38-27(19-8-7-18(30)14-24(19)36-5)17(3)37-28(34)16(2)13-21(32)25-26(33)23(35-4)10-11-31-25;1-16-6-9-20(10-7-16)37-27(21-11-8-19(29)15-24(21)35-5)18(3)36-28(33)17(2)14-22(31)25-26(32)23(34-4)12-13-30-25/h6-12,14,16-17,27,33H,13H2,1-5H3;6-13,15,17-18,27,32H,14H2,1-5H3/t16-,17+,27+;17-,18+,27+/m11/s1. The average molecular weight is 1060 g/mol. The number of aromatic hydroxyl groups is 2. The third-order valence-electron chi connectivity index (χ3n) is 11.6. The summed E-state index contributed by atoms with van der Waals surface area (Å²) in [6, 6.07) is 23.3. The predicted octanol–water partition coefficient (Wildman–Crippen LogP) is 11.1. The summed E-state index contributed by atoms with van der Waals surface area (Å²) in [5, 5.41) is 20.8. The van der Waals surface area contributed by atoms with Gasteiger partial charge in [0.2, 0.25) is 0 Å².